The van der Waals surface area contributed by atoms with Gasteiger partial charge in [-0.3, -0.25) is 4.79 Å². The zero-order valence-corrected chi connectivity index (χ0v) is 12.2. The third kappa shape index (κ3) is 4.38. The van der Waals surface area contributed by atoms with Crippen molar-refractivity contribution in [3.8, 4) is 6.07 Å². The number of rotatable bonds is 4. The number of ether oxygens (including phenoxy) is 1. The van der Waals surface area contributed by atoms with Crippen LogP contribution in [0.1, 0.15) is 22.8 Å². The van der Waals surface area contributed by atoms with Gasteiger partial charge in [-0.25, -0.2) is 9.18 Å². The maximum atomic E-state index is 13.1. The molecular formula is C17H13FN2O3. The van der Waals surface area contributed by atoms with E-state index in [0.29, 0.717) is 11.3 Å². The fourth-order valence-corrected chi connectivity index (χ4v) is 1.81. The van der Waals surface area contributed by atoms with Gasteiger partial charge in [-0.1, -0.05) is 12.1 Å². The minimum absolute atomic E-state index is 0.0242. The SMILES string of the molecule is C[C@H](OC(=O)c1cccc(F)c1)C(=O)Nc1cccc(C#N)c1. The molecule has 1 N–H and O–H groups in total. The Morgan fingerprint density at radius 3 is 2.65 bits per heavy atom. The summed E-state index contributed by atoms with van der Waals surface area (Å²) in [4.78, 5) is 23.9. The smallest absolute Gasteiger partial charge is 0.339 e. The van der Waals surface area contributed by atoms with E-state index in [-0.39, 0.29) is 5.56 Å². The average molecular weight is 312 g/mol. The van der Waals surface area contributed by atoms with Crippen molar-refractivity contribution in [3.05, 3.63) is 65.5 Å². The lowest BCUT2D eigenvalue weighted by molar-refractivity contribution is -0.123. The molecule has 0 bridgehead atoms. The summed E-state index contributed by atoms with van der Waals surface area (Å²) in [5.74, 6) is -1.91. The van der Waals surface area contributed by atoms with Gasteiger partial charge >= 0.3 is 5.97 Å². The van der Waals surface area contributed by atoms with E-state index in [1.807, 2.05) is 6.07 Å². The molecule has 0 unspecified atom stereocenters. The van der Waals surface area contributed by atoms with Crippen LogP contribution in [0.3, 0.4) is 0 Å². The van der Waals surface area contributed by atoms with E-state index in [1.54, 1.807) is 18.2 Å². The van der Waals surface area contributed by atoms with Crippen LogP contribution in [0.4, 0.5) is 10.1 Å². The minimum Gasteiger partial charge on any atom is -0.449 e. The molecule has 2 aromatic carbocycles. The van der Waals surface area contributed by atoms with Gasteiger partial charge in [0, 0.05) is 5.69 Å². The van der Waals surface area contributed by atoms with E-state index in [1.165, 1.54) is 31.2 Å². The lowest BCUT2D eigenvalue weighted by Crippen LogP contribution is -2.30. The molecule has 1 atom stereocenters. The molecule has 0 spiro atoms. The van der Waals surface area contributed by atoms with Gasteiger partial charge in [0.15, 0.2) is 6.10 Å². The number of carbonyl (C=O) groups excluding carboxylic acids is 2. The zero-order valence-electron chi connectivity index (χ0n) is 12.2. The summed E-state index contributed by atoms with van der Waals surface area (Å²) in [7, 11) is 0. The molecule has 0 saturated carbocycles. The van der Waals surface area contributed by atoms with Gasteiger partial charge in [-0.15, -0.1) is 0 Å². The van der Waals surface area contributed by atoms with Crippen LogP contribution in [0.15, 0.2) is 48.5 Å². The first-order chi connectivity index (χ1) is 11.0. The van der Waals surface area contributed by atoms with Crippen molar-refractivity contribution in [2.45, 2.75) is 13.0 Å². The monoisotopic (exact) mass is 312 g/mol. The highest BCUT2D eigenvalue weighted by molar-refractivity contribution is 5.97. The Labute approximate surface area is 132 Å². The predicted octanol–water partition coefficient (Wildman–Crippen LogP) is 2.88. The van der Waals surface area contributed by atoms with E-state index >= 15 is 0 Å². The average Bonchev–Trinajstić information content (AvgIpc) is 2.54. The predicted molar refractivity (Wildman–Crippen MR) is 81.1 cm³/mol. The fourth-order valence-electron chi connectivity index (χ4n) is 1.81. The van der Waals surface area contributed by atoms with Crippen molar-refractivity contribution in [3.63, 3.8) is 0 Å². The second-order valence-electron chi connectivity index (χ2n) is 4.74. The van der Waals surface area contributed by atoms with Crippen LogP contribution in [0.2, 0.25) is 0 Å². The fraction of sp³-hybridized carbons (Fsp3) is 0.118. The number of hydrogen-bond donors (Lipinski definition) is 1. The number of nitrogens with one attached hydrogen (secondary N) is 1. The van der Waals surface area contributed by atoms with Gasteiger partial charge < -0.3 is 10.1 Å². The third-order valence-electron chi connectivity index (χ3n) is 2.97. The number of hydrogen-bond acceptors (Lipinski definition) is 4. The lowest BCUT2D eigenvalue weighted by atomic mass is 10.2. The van der Waals surface area contributed by atoms with E-state index in [0.717, 1.165) is 6.07 Å². The normalized spacial score (nSPS) is 11.2. The number of benzene rings is 2. The first-order valence-corrected chi connectivity index (χ1v) is 6.77. The number of esters is 1. The summed E-state index contributed by atoms with van der Waals surface area (Å²) in [5.41, 5.74) is 0.839. The van der Waals surface area contributed by atoms with Gasteiger partial charge in [0.1, 0.15) is 5.82 Å². The van der Waals surface area contributed by atoms with Crippen molar-refractivity contribution in [2.75, 3.05) is 5.32 Å². The van der Waals surface area contributed by atoms with Crippen molar-refractivity contribution >= 4 is 17.6 Å². The summed E-state index contributed by atoms with van der Waals surface area (Å²) in [6, 6.07) is 13.3. The van der Waals surface area contributed by atoms with Gasteiger partial charge in [0.2, 0.25) is 0 Å². The molecule has 0 aliphatic rings. The maximum absolute atomic E-state index is 13.1. The highest BCUT2D eigenvalue weighted by atomic mass is 19.1. The van der Waals surface area contributed by atoms with Crippen molar-refractivity contribution in [1.82, 2.24) is 0 Å². The van der Waals surface area contributed by atoms with Crippen LogP contribution >= 0.6 is 0 Å². The molecule has 6 heteroatoms. The number of nitriles is 1. The summed E-state index contributed by atoms with van der Waals surface area (Å²) in [5, 5.41) is 11.4. The molecule has 1 amide bonds. The number of anilines is 1. The second-order valence-corrected chi connectivity index (χ2v) is 4.74. The molecule has 0 aromatic heterocycles. The Kier molecular flexibility index (Phi) is 5.05. The number of carbonyl (C=O) groups is 2. The van der Waals surface area contributed by atoms with Gasteiger partial charge in [0.05, 0.1) is 17.2 Å². The summed E-state index contributed by atoms with van der Waals surface area (Å²) >= 11 is 0. The Hall–Kier alpha value is -3.20. The molecule has 0 heterocycles. The van der Waals surface area contributed by atoms with Gasteiger partial charge in [-0.05, 0) is 43.3 Å². The first kappa shape index (κ1) is 16.2. The van der Waals surface area contributed by atoms with Gasteiger partial charge in [0.25, 0.3) is 5.91 Å². The highest BCUT2D eigenvalue weighted by Gasteiger charge is 2.19. The molecule has 2 aromatic rings. The Bertz CT molecular complexity index is 783. The number of nitrogens with zero attached hydrogens (tertiary/aromatic N) is 1. The Morgan fingerprint density at radius 2 is 1.96 bits per heavy atom. The van der Waals surface area contributed by atoms with Gasteiger partial charge in [-0.2, -0.15) is 5.26 Å². The largest absolute Gasteiger partial charge is 0.449 e. The first-order valence-electron chi connectivity index (χ1n) is 6.77. The van der Waals surface area contributed by atoms with Crippen LogP contribution in [0.25, 0.3) is 0 Å². The molecule has 0 radical (unpaired) electrons. The van der Waals surface area contributed by atoms with E-state index < -0.39 is 23.8 Å². The zero-order chi connectivity index (χ0) is 16.8. The molecule has 0 saturated heterocycles. The van der Waals surface area contributed by atoms with E-state index in [9.17, 15) is 14.0 Å². The minimum atomic E-state index is -1.07. The Balaban J connectivity index is 1.99. The lowest BCUT2D eigenvalue weighted by Gasteiger charge is -2.13. The van der Waals surface area contributed by atoms with Crippen molar-refractivity contribution < 1.29 is 18.7 Å². The van der Waals surface area contributed by atoms with Crippen molar-refractivity contribution in [2.24, 2.45) is 0 Å². The number of halogens is 1. The van der Waals surface area contributed by atoms with E-state index in [2.05, 4.69) is 5.32 Å². The molecule has 0 aliphatic carbocycles. The molecule has 5 nitrogen and oxygen atoms in total. The molecule has 2 rings (SSSR count). The topological polar surface area (TPSA) is 79.2 Å². The molecule has 0 aliphatic heterocycles. The van der Waals surface area contributed by atoms with Crippen LogP contribution in [-0.4, -0.2) is 18.0 Å². The van der Waals surface area contributed by atoms with E-state index in [4.69, 9.17) is 10.00 Å². The standard InChI is InChI=1S/C17H13FN2O3/c1-11(23-17(22)13-5-3-6-14(18)9-13)16(21)20-15-7-2-4-12(8-15)10-19/h2-9,11H,1H3,(H,20,21)/t11-/m0/s1. The van der Waals surface area contributed by atoms with Crippen LogP contribution in [0, 0.1) is 17.1 Å². The molecule has 23 heavy (non-hydrogen) atoms. The van der Waals surface area contributed by atoms with Crippen LogP contribution in [0.5, 0.6) is 0 Å². The van der Waals surface area contributed by atoms with Crippen LogP contribution < -0.4 is 5.32 Å². The summed E-state index contributed by atoms with van der Waals surface area (Å²) in [6.07, 6.45) is -1.07. The molecular weight excluding hydrogens is 299 g/mol. The highest BCUT2D eigenvalue weighted by Crippen LogP contribution is 2.12. The second kappa shape index (κ2) is 7.18. The van der Waals surface area contributed by atoms with Crippen LogP contribution in [-0.2, 0) is 9.53 Å². The summed E-state index contributed by atoms with van der Waals surface area (Å²) in [6.45, 7) is 1.40. The number of amides is 1. The third-order valence-corrected chi connectivity index (χ3v) is 2.97. The maximum Gasteiger partial charge on any atom is 0.339 e. The van der Waals surface area contributed by atoms with Crippen molar-refractivity contribution in [1.29, 1.82) is 5.26 Å². The summed E-state index contributed by atoms with van der Waals surface area (Å²) < 4.78 is 18.1. The molecule has 0 fully saturated rings. The quantitative estimate of drug-likeness (QED) is 0.880. The molecule has 116 valence electrons. The Morgan fingerprint density at radius 1 is 1.22 bits per heavy atom.